The maximum Gasteiger partial charge on any atom is 0.416 e. The molecule has 1 aliphatic rings. The molecule has 0 spiro atoms. The van der Waals surface area contributed by atoms with E-state index >= 15 is 0 Å². The SMILES string of the molecule is Cc1nn(-c2ccccn2)c(C)c1N1CCN(S(=O)(=O)c2cccc(C(F)(F)F)c2)CC1. The van der Waals surface area contributed by atoms with Crippen LogP contribution < -0.4 is 4.90 Å². The maximum atomic E-state index is 13.0. The molecule has 11 heteroatoms. The summed E-state index contributed by atoms with van der Waals surface area (Å²) in [5.41, 5.74) is 1.61. The van der Waals surface area contributed by atoms with Crippen LogP contribution in [0.25, 0.3) is 5.82 Å². The third kappa shape index (κ3) is 4.09. The highest BCUT2D eigenvalue weighted by Gasteiger charge is 2.34. The lowest BCUT2D eigenvalue weighted by molar-refractivity contribution is -0.137. The van der Waals surface area contributed by atoms with E-state index in [9.17, 15) is 21.6 Å². The number of anilines is 1. The van der Waals surface area contributed by atoms with Crippen LogP contribution in [0.4, 0.5) is 18.9 Å². The molecule has 3 heterocycles. The molecular weight excluding hydrogens is 443 g/mol. The molecule has 170 valence electrons. The van der Waals surface area contributed by atoms with Crippen LogP contribution in [0, 0.1) is 13.8 Å². The van der Waals surface area contributed by atoms with Crippen molar-refractivity contribution in [2.45, 2.75) is 24.9 Å². The number of nitrogens with zero attached hydrogens (tertiary/aromatic N) is 5. The van der Waals surface area contributed by atoms with Gasteiger partial charge in [-0.1, -0.05) is 12.1 Å². The fraction of sp³-hybridized carbons (Fsp3) is 0.333. The molecule has 1 aliphatic heterocycles. The monoisotopic (exact) mass is 465 g/mol. The summed E-state index contributed by atoms with van der Waals surface area (Å²) in [6.45, 7) is 4.92. The third-order valence-electron chi connectivity index (χ3n) is 5.47. The molecule has 32 heavy (non-hydrogen) atoms. The molecule has 0 atom stereocenters. The Morgan fingerprint density at radius 3 is 2.31 bits per heavy atom. The second-order valence-electron chi connectivity index (χ2n) is 7.54. The van der Waals surface area contributed by atoms with E-state index in [0.29, 0.717) is 25.0 Å². The van der Waals surface area contributed by atoms with Crippen LogP contribution in [0.5, 0.6) is 0 Å². The van der Waals surface area contributed by atoms with Crippen LogP contribution in [0.2, 0.25) is 0 Å². The van der Waals surface area contributed by atoms with Gasteiger partial charge in [0.15, 0.2) is 5.82 Å². The lowest BCUT2D eigenvalue weighted by atomic mass is 10.2. The van der Waals surface area contributed by atoms with Crippen LogP contribution in [-0.4, -0.2) is 53.7 Å². The fourth-order valence-electron chi connectivity index (χ4n) is 3.93. The topological polar surface area (TPSA) is 71.3 Å². The summed E-state index contributed by atoms with van der Waals surface area (Å²) in [5, 5.41) is 4.58. The van der Waals surface area contributed by atoms with Gasteiger partial charge >= 0.3 is 6.18 Å². The summed E-state index contributed by atoms with van der Waals surface area (Å²) < 4.78 is 67.9. The van der Waals surface area contributed by atoms with E-state index in [1.165, 1.54) is 10.4 Å². The molecule has 1 aromatic carbocycles. The molecule has 3 aromatic rings. The first-order valence-corrected chi connectivity index (χ1v) is 11.4. The van der Waals surface area contributed by atoms with Crippen LogP contribution >= 0.6 is 0 Å². The normalized spacial score (nSPS) is 15.8. The summed E-state index contributed by atoms with van der Waals surface area (Å²) >= 11 is 0. The number of rotatable bonds is 4. The van der Waals surface area contributed by atoms with E-state index in [2.05, 4.69) is 15.0 Å². The van der Waals surface area contributed by atoms with Gasteiger partial charge in [-0.3, -0.25) is 0 Å². The first-order chi connectivity index (χ1) is 15.1. The van der Waals surface area contributed by atoms with Crippen molar-refractivity contribution in [3.05, 3.63) is 65.6 Å². The van der Waals surface area contributed by atoms with Crippen LogP contribution in [0.1, 0.15) is 17.0 Å². The lowest BCUT2D eigenvalue weighted by Gasteiger charge is -2.35. The quantitative estimate of drug-likeness (QED) is 0.591. The van der Waals surface area contributed by atoms with Gasteiger partial charge in [0.05, 0.1) is 27.5 Å². The third-order valence-corrected chi connectivity index (χ3v) is 7.37. The van der Waals surface area contributed by atoms with Gasteiger partial charge in [-0.2, -0.15) is 22.6 Å². The van der Waals surface area contributed by atoms with E-state index in [-0.39, 0.29) is 18.0 Å². The summed E-state index contributed by atoms with van der Waals surface area (Å²) in [6.07, 6.45) is -2.92. The highest BCUT2D eigenvalue weighted by Crippen LogP contribution is 2.32. The largest absolute Gasteiger partial charge is 0.416 e. The lowest BCUT2D eigenvalue weighted by Crippen LogP contribution is -2.49. The predicted molar refractivity (Wildman–Crippen MR) is 113 cm³/mol. The number of sulfonamides is 1. The number of hydrogen-bond acceptors (Lipinski definition) is 5. The van der Waals surface area contributed by atoms with Crippen molar-refractivity contribution in [3.63, 3.8) is 0 Å². The van der Waals surface area contributed by atoms with Gasteiger partial charge in [-0.05, 0) is 44.2 Å². The second-order valence-corrected chi connectivity index (χ2v) is 9.47. The molecule has 0 amide bonds. The number of aromatic nitrogens is 3. The summed E-state index contributed by atoms with van der Waals surface area (Å²) in [7, 11) is -4.03. The Bertz CT molecular complexity index is 1220. The zero-order chi connectivity index (χ0) is 23.1. The standard InChI is InChI=1S/C21H22F3N5O2S/c1-15-20(16(2)29(26-15)19-8-3-4-9-25-19)27-10-12-28(13-11-27)32(30,31)18-7-5-6-17(14-18)21(22,23)24/h3-9,14H,10-13H2,1-2H3. The van der Waals surface area contributed by atoms with E-state index in [4.69, 9.17) is 0 Å². The molecule has 0 saturated carbocycles. The zero-order valence-corrected chi connectivity index (χ0v) is 18.4. The van der Waals surface area contributed by atoms with E-state index < -0.39 is 21.8 Å². The molecule has 7 nitrogen and oxygen atoms in total. The highest BCUT2D eigenvalue weighted by molar-refractivity contribution is 7.89. The molecule has 0 N–H and O–H groups in total. The predicted octanol–water partition coefficient (Wildman–Crippen LogP) is 3.41. The molecule has 1 saturated heterocycles. The number of hydrogen-bond donors (Lipinski definition) is 0. The van der Waals surface area contributed by atoms with E-state index in [1.807, 2.05) is 32.0 Å². The van der Waals surface area contributed by atoms with Crippen molar-refractivity contribution in [2.75, 3.05) is 31.1 Å². The minimum Gasteiger partial charge on any atom is -0.366 e. The molecule has 0 bridgehead atoms. The number of pyridine rings is 1. The Hall–Kier alpha value is -2.92. The van der Waals surface area contributed by atoms with Gasteiger partial charge in [0.25, 0.3) is 0 Å². The van der Waals surface area contributed by atoms with Crippen molar-refractivity contribution < 1.29 is 21.6 Å². The molecule has 0 unspecified atom stereocenters. The average Bonchev–Trinajstić information content (AvgIpc) is 3.08. The van der Waals surface area contributed by atoms with Gasteiger partial charge in [0.1, 0.15) is 0 Å². The Balaban J connectivity index is 1.53. The highest BCUT2D eigenvalue weighted by atomic mass is 32.2. The van der Waals surface area contributed by atoms with Crippen molar-refractivity contribution in [1.82, 2.24) is 19.1 Å². The molecule has 2 aromatic heterocycles. The van der Waals surface area contributed by atoms with Crippen molar-refractivity contribution in [2.24, 2.45) is 0 Å². The number of alkyl halides is 3. The first-order valence-electron chi connectivity index (χ1n) is 9.99. The smallest absolute Gasteiger partial charge is 0.366 e. The van der Waals surface area contributed by atoms with Crippen LogP contribution in [0.3, 0.4) is 0 Å². The second kappa shape index (κ2) is 8.21. The fourth-order valence-corrected chi connectivity index (χ4v) is 5.40. The van der Waals surface area contributed by atoms with Crippen molar-refractivity contribution in [3.8, 4) is 5.82 Å². The van der Waals surface area contributed by atoms with Gasteiger partial charge in [0, 0.05) is 32.4 Å². The van der Waals surface area contributed by atoms with Gasteiger partial charge in [0.2, 0.25) is 10.0 Å². The Morgan fingerprint density at radius 2 is 1.69 bits per heavy atom. The first kappa shape index (κ1) is 22.3. The molecular formula is C21H22F3N5O2S. The maximum absolute atomic E-state index is 13.0. The minimum absolute atomic E-state index is 0.159. The Kier molecular flexibility index (Phi) is 5.72. The minimum atomic E-state index is -4.60. The summed E-state index contributed by atoms with van der Waals surface area (Å²) in [4.78, 5) is 6.03. The Morgan fingerprint density at radius 1 is 0.969 bits per heavy atom. The van der Waals surface area contributed by atoms with E-state index in [0.717, 1.165) is 29.2 Å². The number of benzene rings is 1. The number of aryl methyl sites for hydroxylation is 1. The zero-order valence-electron chi connectivity index (χ0n) is 17.5. The van der Waals surface area contributed by atoms with Gasteiger partial charge in [-0.25, -0.2) is 18.1 Å². The van der Waals surface area contributed by atoms with Crippen molar-refractivity contribution in [1.29, 1.82) is 0 Å². The van der Waals surface area contributed by atoms with Crippen LogP contribution in [0.15, 0.2) is 53.6 Å². The Labute approximate surface area is 184 Å². The van der Waals surface area contributed by atoms with Crippen LogP contribution in [-0.2, 0) is 16.2 Å². The molecule has 0 radical (unpaired) electrons. The average molecular weight is 466 g/mol. The molecule has 4 rings (SSSR count). The summed E-state index contributed by atoms with van der Waals surface area (Å²) in [5.74, 6) is 0.685. The summed E-state index contributed by atoms with van der Waals surface area (Å²) in [6, 6.07) is 9.40. The van der Waals surface area contributed by atoms with Gasteiger partial charge < -0.3 is 4.90 Å². The number of halogens is 3. The number of piperazine rings is 1. The molecule has 0 aliphatic carbocycles. The van der Waals surface area contributed by atoms with Gasteiger partial charge in [-0.15, -0.1) is 0 Å². The van der Waals surface area contributed by atoms with E-state index in [1.54, 1.807) is 10.9 Å². The molecule has 1 fully saturated rings. The van der Waals surface area contributed by atoms with Crippen molar-refractivity contribution >= 4 is 15.7 Å².